The average Bonchev–Trinajstić information content (AvgIpc) is 3.05. The Hall–Kier alpha value is -3.37. The van der Waals surface area contributed by atoms with Crippen LogP contribution in [-0.2, 0) is 0 Å². The summed E-state index contributed by atoms with van der Waals surface area (Å²) in [4.78, 5) is 0. The molecule has 0 radical (unpaired) electrons. The van der Waals surface area contributed by atoms with Crippen LogP contribution in [0.25, 0.3) is 22.6 Å². The van der Waals surface area contributed by atoms with Gasteiger partial charge in [-0.3, -0.25) is 0 Å². The SMILES string of the molecule is N#Cc1ccc(-c2cc(-c3cccc(C#N)c3)on2)cc1. The topological polar surface area (TPSA) is 73.6 Å². The van der Waals surface area contributed by atoms with E-state index in [0.29, 0.717) is 22.6 Å². The van der Waals surface area contributed by atoms with Crippen molar-refractivity contribution in [2.45, 2.75) is 0 Å². The summed E-state index contributed by atoms with van der Waals surface area (Å²) in [7, 11) is 0. The van der Waals surface area contributed by atoms with Crippen molar-refractivity contribution < 1.29 is 4.52 Å². The molecule has 21 heavy (non-hydrogen) atoms. The molecule has 0 atom stereocenters. The fraction of sp³-hybridized carbons (Fsp3) is 0. The highest BCUT2D eigenvalue weighted by Gasteiger charge is 2.09. The number of benzene rings is 2. The molecule has 0 aliphatic carbocycles. The molecule has 0 aliphatic rings. The molecule has 0 saturated heterocycles. The molecule has 2 aromatic carbocycles. The molecule has 1 aromatic heterocycles. The predicted molar refractivity (Wildman–Crippen MR) is 76.8 cm³/mol. The van der Waals surface area contributed by atoms with Crippen molar-refractivity contribution >= 4 is 0 Å². The summed E-state index contributed by atoms with van der Waals surface area (Å²) in [6.07, 6.45) is 0. The van der Waals surface area contributed by atoms with Crippen LogP contribution >= 0.6 is 0 Å². The molecule has 3 rings (SSSR count). The summed E-state index contributed by atoms with van der Waals surface area (Å²) in [5.41, 5.74) is 3.55. The summed E-state index contributed by atoms with van der Waals surface area (Å²) in [6, 6.07) is 20.3. The second-order valence-electron chi connectivity index (χ2n) is 4.46. The third-order valence-corrected chi connectivity index (χ3v) is 3.10. The fourth-order valence-electron chi connectivity index (χ4n) is 2.00. The molecular weight excluding hydrogens is 262 g/mol. The van der Waals surface area contributed by atoms with Crippen LogP contribution in [0.1, 0.15) is 11.1 Å². The molecule has 0 fully saturated rings. The highest BCUT2D eigenvalue weighted by Crippen LogP contribution is 2.26. The van der Waals surface area contributed by atoms with E-state index in [-0.39, 0.29) is 0 Å². The first-order chi connectivity index (χ1) is 10.3. The highest BCUT2D eigenvalue weighted by atomic mass is 16.5. The maximum atomic E-state index is 8.92. The molecule has 0 unspecified atom stereocenters. The molecule has 0 N–H and O–H groups in total. The monoisotopic (exact) mass is 271 g/mol. The van der Waals surface area contributed by atoms with Crippen LogP contribution < -0.4 is 0 Å². The van der Waals surface area contributed by atoms with Crippen LogP contribution in [0.15, 0.2) is 59.1 Å². The average molecular weight is 271 g/mol. The lowest BCUT2D eigenvalue weighted by Crippen LogP contribution is -1.78. The van der Waals surface area contributed by atoms with Gasteiger partial charge in [-0.25, -0.2) is 0 Å². The van der Waals surface area contributed by atoms with Crippen LogP contribution in [0.2, 0.25) is 0 Å². The minimum absolute atomic E-state index is 0.573. The number of hydrogen-bond donors (Lipinski definition) is 0. The predicted octanol–water partition coefficient (Wildman–Crippen LogP) is 3.75. The minimum atomic E-state index is 0.573. The summed E-state index contributed by atoms with van der Waals surface area (Å²) >= 11 is 0. The molecule has 1 heterocycles. The minimum Gasteiger partial charge on any atom is -0.356 e. The van der Waals surface area contributed by atoms with Gasteiger partial charge in [0.15, 0.2) is 5.76 Å². The van der Waals surface area contributed by atoms with Crippen molar-refractivity contribution in [3.05, 3.63) is 65.7 Å². The zero-order valence-electron chi connectivity index (χ0n) is 10.9. The summed E-state index contributed by atoms with van der Waals surface area (Å²) in [5.74, 6) is 0.603. The molecule has 0 saturated carbocycles. The molecule has 98 valence electrons. The van der Waals surface area contributed by atoms with Gasteiger partial charge in [0.1, 0.15) is 5.69 Å². The Labute approximate surface area is 121 Å². The van der Waals surface area contributed by atoms with E-state index in [1.165, 1.54) is 0 Å². The molecular formula is C17H9N3O. The Bertz CT molecular complexity index is 864. The lowest BCUT2D eigenvalue weighted by molar-refractivity contribution is 0.435. The van der Waals surface area contributed by atoms with Gasteiger partial charge in [-0.05, 0) is 24.3 Å². The van der Waals surface area contributed by atoms with E-state index < -0.39 is 0 Å². The lowest BCUT2D eigenvalue weighted by Gasteiger charge is -1.95. The smallest absolute Gasteiger partial charge is 0.167 e. The first kappa shape index (κ1) is 12.7. The summed E-state index contributed by atoms with van der Waals surface area (Å²) in [5, 5.41) is 21.7. The Balaban J connectivity index is 1.96. The van der Waals surface area contributed by atoms with Crippen molar-refractivity contribution in [3.8, 4) is 34.7 Å². The van der Waals surface area contributed by atoms with E-state index in [1.54, 1.807) is 30.3 Å². The second kappa shape index (κ2) is 5.32. The number of hydrogen-bond acceptors (Lipinski definition) is 4. The maximum Gasteiger partial charge on any atom is 0.167 e. The van der Waals surface area contributed by atoms with Crippen molar-refractivity contribution in [1.82, 2.24) is 5.16 Å². The van der Waals surface area contributed by atoms with Gasteiger partial charge in [0.05, 0.1) is 23.3 Å². The first-order valence-electron chi connectivity index (χ1n) is 6.28. The maximum absolute atomic E-state index is 8.92. The molecule has 0 spiro atoms. The molecule has 0 bridgehead atoms. The Morgan fingerprint density at radius 1 is 0.810 bits per heavy atom. The zero-order valence-corrected chi connectivity index (χ0v) is 10.9. The van der Waals surface area contributed by atoms with Gasteiger partial charge < -0.3 is 4.52 Å². The van der Waals surface area contributed by atoms with Gasteiger partial charge in [-0.2, -0.15) is 10.5 Å². The van der Waals surface area contributed by atoms with E-state index in [0.717, 1.165) is 11.1 Å². The van der Waals surface area contributed by atoms with Gasteiger partial charge in [0.2, 0.25) is 0 Å². The number of aromatic nitrogens is 1. The van der Waals surface area contributed by atoms with Gasteiger partial charge in [-0.1, -0.05) is 29.4 Å². The Morgan fingerprint density at radius 2 is 1.57 bits per heavy atom. The third-order valence-electron chi connectivity index (χ3n) is 3.10. The Morgan fingerprint density at radius 3 is 2.29 bits per heavy atom. The zero-order chi connectivity index (χ0) is 14.7. The van der Waals surface area contributed by atoms with Crippen LogP contribution in [0.3, 0.4) is 0 Å². The summed E-state index contributed by atoms with van der Waals surface area (Å²) < 4.78 is 5.34. The Kier molecular flexibility index (Phi) is 3.21. The second-order valence-corrected chi connectivity index (χ2v) is 4.46. The van der Waals surface area contributed by atoms with Crippen molar-refractivity contribution in [2.75, 3.05) is 0 Å². The van der Waals surface area contributed by atoms with Crippen LogP contribution in [0.4, 0.5) is 0 Å². The van der Waals surface area contributed by atoms with E-state index in [4.69, 9.17) is 15.0 Å². The summed E-state index contributed by atoms with van der Waals surface area (Å²) in [6.45, 7) is 0. The highest BCUT2D eigenvalue weighted by molar-refractivity contribution is 5.67. The first-order valence-corrected chi connectivity index (χ1v) is 6.28. The van der Waals surface area contributed by atoms with E-state index in [1.807, 2.05) is 24.3 Å². The van der Waals surface area contributed by atoms with Crippen LogP contribution in [0, 0.1) is 22.7 Å². The molecule has 4 nitrogen and oxygen atoms in total. The van der Waals surface area contributed by atoms with Gasteiger partial charge in [0, 0.05) is 17.2 Å². The van der Waals surface area contributed by atoms with Gasteiger partial charge in [0.25, 0.3) is 0 Å². The van der Waals surface area contributed by atoms with Crippen LogP contribution in [-0.4, -0.2) is 5.16 Å². The molecule has 4 heteroatoms. The number of rotatable bonds is 2. The van der Waals surface area contributed by atoms with Crippen molar-refractivity contribution in [3.63, 3.8) is 0 Å². The van der Waals surface area contributed by atoms with E-state index in [9.17, 15) is 0 Å². The molecule has 3 aromatic rings. The van der Waals surface area contributed by atoms with E-state index >= 15 is 0 Å². The molecule has 0 amide bonds. The normalized spacial score (nSPS) is 9.81. The third kappa shape index (κ3) is 2.51. The van der Waals surface area contributed by atoms with Crippen molar-refractivity contribution in [2.24, 2.45) is 0 Å². The van der Waals surface area contributed by atoms with E-state index in [2.05, 4.69) is 17.3 Å². The van der Waals surface area contributed by atoms with Gasteiger partial charge >= 0.3 is 0 Å². The lowest BCUT2D eigenvalue weighted by atomic mass is 10.1. The van der Waals surface area contributed by atoms with Crippen molar-refractivity contribution in [1.29, 1.82) is 10.5 Å². The van der Waals surface area contributed by atoms with Crippen LogP contribution in [0.5, 0.6) is 0 Å². The standard InChI is InChI=1S/C17H9N3O/c18-10-12-4-6-14(7-5-12)16-9-17(21-20-16)15-3-1-2-13(8-15)11-19/h1-9H. The number of nitriles is 2. The largest absolute Gasteiger partial charge is 0.356 e. The number of nitrogens with zero attached hydrogens (tertiary/aromatic N) is 3. The quantitative estimate of drug-likeness (QED) is 0.711. The molecule has 0 aliphatic heterocycles. The van der Waals surface area contributed by atoms with Gasteiger partial charge in [-0.15, -0.1) is 0 Å². The fourth-order valence-corrected chi connectivity index (χ4v) is 2.00.